The summed E-state index contributed by atoms with van der Waals surface area (Å²) < 4.78 is 0. The van der Waals surface area contributed by atoms with Crippen LogP contribution in [-0.4, -0.2) is 34.1 Å². The maximum absolute atomic E-state index is 11.1. The standard InChI is InChI=1S/C15H21N3O2/c19-14(20)11-5-6-13-12(9-11)10-16-15(17-13)18-7-3-1-2-4-8-18/h10-11H,1-9H2,(H,19,20). The molecule has 1 atom stereocenters. The minimum absolute atomic E-state index is 0.268. The van der Waals surface area contributed by atoms with Crippen LogP contribution in [0.25, 0.3) is 0 Å². The van der Waals surface area contributed by atoms with Crippen molar-refractivity contribution in [1.29, 1.82) is 0 Å². The van der Waals surface area contributed by atoms with E-state index in [-0.39, 0.29) is 5.92 Å². The van der Waals surface area contributed by atoms with Crippen molar-refractivity contribution in [3.63, 3.8) is 0 Å². The molecule has 1 aromatic rings. The van der Waals surface area contributed by atoms with Gasteiger partial charge < -0.3 is 10.0 Å². The van der Waals surface area contributed by atoms with Crippen molar-refractivity contribution in [3.8, 4) is 0 Å². The highest BCUT2D eigenvalue weighted by atomic mass is 16.4. The van der Waals surface area contributed by atoms with E-state index in [2.05, 4.69) is 9.88 Å². The summed E-state index contributed by atoms with van der Waals surface area (Å²) in [5.74, 6) is -0.137. The molecule has 0 bridgehead atoms. The Hall–Kier alpha value is -1.65. The Morgan fingerprint density at radius 1 is 1.25 bits per heavy atom. The van der Waals surface area contributed by atoms with E-state index in [1.165, 1.54) is 25.7 Å². The summed E-state index contributed by atoms with van der Waals surface area (Å²) in [6.07, 6.45) is 8.88. The number of carboxylic acid groups (broad SMARTS) is 1. The Labute approximate surface area is 119 Å². The second kappa shape index (κ2) is 5.77. The molecule has 2 heterocycles. The van der Waals surface area contributed by atoms with Gasteiger partial charge >= 0.3 is 5.97 Å². The first-order valence-corrected chi connectivity index (χ1v) is 7.56. The van der Waals surface area contributed by atoms with Crippen LogP contribution in [0, 0.1) is 5.92 Å². The number of aryl methyl sites for hydroxylation is 1. The first kappa shape index (κ1) is 13.3. The summed E-state index contributed by atoms with van der Waals surface area (Å²) >= 11 is 0. The highest BCUT2D eigenvalue weighted by Crippen LogP contribution is 2.26. The summed E-state index contributed by atoms with van der Waals surface area (Å²) in [6, 6.07) is 0. The zero-order chi connectivity index (χ0) is 13.9. The molecule has 108 valence electrons. The second-order valence-corrected chi connectivity index (χ2v) is 5.82. The summed E-state index contributed by atoms with van der Waals surface area (Å²) in [7, 11) is 0. The third-order valence-corrected chi connectivity index (χ3v) is 4.38. The van der Waals surface area contributed by atoms with E-state index in [4.69, 9.17) is 10.1 Å². The molecule has 2 aliphatic rings. The molecule has 1 fully saturated rings. The van der Waals surface area contributed by atoms with Crippen molar-refractivity contribution < 1.29 is 9.90 Å². The van der Waals surface area contributed by atoms with Crippen LogP contribution in [0.2, 0.25) is 0 Å². The average Bonchev–Trinajstić information content (AvgIpc) is 2.75. The predicted octanol–water partition coefficient (Wildman–Crippen LogP) is 2.05. The van der Waals surface area contributed by atoms with Gasteiger partial charge in [0.2, 0.25) is 5.95 Å². The number of hydrogen-bond acceptors (Lipinski definition) is 4. The number of anilines is 1. The van der Waals surface area contributed by atoms with E-state index >= 15 is 0 Å². The molecule has 0 saturated carbocycles. The molecule has 1 aliphatic heterocycles. The number of fused-ring (bicyclic) bond motifs is 1. The maximum atomic E-state index is 11.1. The van der Waals surface area contributed by atoms with Crippen LogP contribution < -0.4 is 4.90 Å². The molecule has 5 heteroatoms. The maximum Gasteiger partial charge on any atom is 0.306 e. The molecule has 1 saturated heterocycles. The van der Waals surface area contributed by atoms with E-state index in [0.717, 1.165) is 36.7 Å². The quantitative estimate of drug-likeness (QED) is 0.894. The van der Waals surface area contributed by atoms with Crippen LogP contribution in [0.1, 0.15) is 43.4 Å². The fourth-order valence-electron chi connectivity index (χ4n) is 3.13. The van der Waals surface area contributed by atoms with E-state index in [1.807, 2.05) is 6.20 Å². The number of nitrogens with zero attached hydrogens (tertiary/aromatic N) is 3. The molecule has 1 unspecified atom stereocenters. The number of aromatic nitrogens is 2. The monoisotopic (exact) mass is 275 g/mol. The third-order valence-electron chi connectivity index (χ3n) is 4.38. The fraction of sp³-hybridized carbons (Fsp3) is 0.667. The first-order chi connectivity index (χ1) is 9.74. The molecule has 20 heavy (non-hydrogen) atoms. The normalized spacial score (nSPS) is 23.0. The van der Waals surface area contributed by atoms with Gasteiger partial charge in [-0.3, -0.25) is 4.79 Å². The zero-order valence-corrected chi connectivity index (χ0v) is 11.7. The fourth-order valence-corrected chi connectivity index (χ4v) is 3.13. The predicted molar refractivity (Wildman–Crippen MR) is 75.9 cm³/mol. The summed E-state index contributed by atoms with van der Waals surface area (Å²) in [5.41, 5.74) is 2.07. The molecule has 0 spiro atoms. The van der Waals surface area contributed by atoms with Gasteiger partial charge in [-0.15, -0.1) is 0 Å². The number of carbonyl (C=O) groups is 1. The molecule has 0 radical (unpaired) electrons. The largest absolute Gasteiger partial charge is 0.481 e. The minimum atomic E-state index is -0.702. The van der Waals surface area contributed by atoms with Gasteiger partial charge in [0, 0.05) is 25.0 Å². The van der Waals surface area contributed by atoms with Gasteiger partial charge in [0.15, 0.2) is 0 Å². The summed E-state index contributed by atoms with van der Waals surface area (Å²) in [5, 5.41) is 9.10. The van der Waals surface area contributed by atoms with Crippen LogP contribution in [-0.2, 0) is 17.6 Å². The van der Waals surface area contributed by atoms with Crippen LogP contribution >= 0.6 is 0 Å². The Morgan fingerprint density at radius 2 is 2.00 bits per heavy atom. The van der Waals surface area contributed by atoms with E-state index < -0.39 is 5.97 Å². The van der Waals surface area contributed by atoms with Crippen molar-refractivity contribution in [2.75, 3.05) is 18.0 Å². The summed E-state index contributed by atoms with van der Waals surface area (Å²) in [6.45, 7) is 2.08. The van der Waals surface area contributed by atoms with Crippen LogP contribution in [0.15, 0.2) is 6.20 Å². The lowest BCUT2D eigenvalue weighted by Crippen LogP contribution is -2.28. The van der Waals surface area contributed by atoms with Gasteiger partial charge in [0.05, 0.1) is 5.92 Å². The van der Waals surface area contributed by atoms with Gasteiger partial charge in [-0.2, -0.15) is 0 Å². The highest BCUT2D eigenvalue weighted by Gasteiger charge is 2.26. The molecular formula is C15H21N3O2. The van der Waals surface area contributed by atoms with Crippen molar-refractivity contribution >= 4 is 11.9 Å². The lowest BCUT2D eigenvalue weighted by molar-refractivity contribution is -0.142. The van der Waals surface area contributed by atoms with Gasteiger partial charge in [-0.05, 0) is 37.7 Å². The molecule has 1 aromatic heterocycles. The molecule has 1 N–H and O–H groups in total. The zero-order valence-electron chi connectivity index (χ0n) is 11.7. The van der Waals surface area contributed by atoms with Crippen molar-refractivity contribution in [3.05, 3.63) is 17.5 Å². The number of rotatable bonds is 2. The van der Waals surface area contributed by atoms with Crippen molar-refractivity contribution in [1.82, 2.24) is 9.97 Å². The molecule has 5 nitrogen and oxygen atoms in total. The van der Waals surface area contributed by atoms with E-state index in [0.29, 0.717) is 12.8 Å². The third kappa shape index (κ3) is 2.76. The average molecular weight is 275 g/mol. The van der Waals surface area contributed by atoms with Crippen molar-refractivity contribution in [2.24, 2.45) is 5.92 Å². The SMILES string of the molecule is O=C(O)C1CCc2nc(N3CCCCCC3)ncc2C1. The van der Waals surface area contributed by atoms with Crippen LogP contribution in [0.3, 0.4) is 0 Å². The van der Waals surface area contributed by atoms with Gasteiger partial charge in [0.25, 0.3) is 0 Å². The van der Waals surface area contributed by atoms with Crippen LogP contribution in [0.4, 0.5) is 5.95 Å². The van der Waals surface area contributed by atoms with E-state index in [1.54, 1.807) is 0 Å². The minimum Gasteiger partial charge on any atom is -0.481 e. The lowest BCUT2D eigenvalue weighted by atomic mass is 9.87. The van der Waals surface area contributed by atoms with Crippen LogP contribution in [0.5, 0.6) is 0 Å². The number of carboxylic acids is 1. The van der Waals surface area contributed by atoms with Crippen molar-refractivity contribution in [2.45, 2.75) is 44.9 Å². The Morgan fingerprint density at radius 3 is 2.70 bits per heavy atom. The molecule has 1 aliphatic carbocycles. The van der Waals surface area contributed by atoms with E-state index in [9.17, 15) is 4.79 Å². The Balaban J connectivity index is 1.78. The Bertz CT molecular complexity index is 496. The molecule has 0 amide bonds. The Kier molecular flexibility index (Phi) is 3.85. The second-order valence-electron chi connectivity index (χ2n) is 5.82. The lowest BCUT2D eigenvalue weighted by Gasteiger charge is -2.24. The highest BCUT2D eigenvalue weighted by molar-refractivity contribution is 5.70. The topological polar surface area (TPSA) is 66.3 Å². The first-order valence-electron chi connectivity index (χ1n) is 7.56. The number of hydrogen-bond donors (Lipinski definition) is 1. The number of aliphatic carboxylic acids is 1. The van der Waals surface area contributed by atoms with Gasteiger partial charge in [0.1, 0.15) is 0 Å². The smallest absolute Gasteiger partial charge is 0.306 e. The molecule has 3 rings (SSSR count). The van der Waals surface area contributed by atoms with Gasteiger partial charge in [-0.25, -0.2) is 9.97 Å². The molecular weight excluding hydrogens is 254 g/mol. The van der Waals surface area contributed by atoms with Gasteiger partial charge in [-0.1, -0.05) is 12.8 Å². The summed E-state index contributed by atoms with van der Waals surface area (Å²) in [4.78, 5) is 22.5. The molecule has 0 aromatic carbocycles.